The lowest BCUT2D eigenvalue weighted by Gasteiger charge is -2.15. The topological polar surface area (TPSA) is 65.5 Å². The Bertz CT molecular complexity index is 1340. The lowest BCUT2D eigenvalue weighted by Crippen LogP contribution is -2.06. The number of hydrogen-bond donors (Lipinski definition) is 0. The van der Waals surface area contributed by atoms with Crippen molar-refractivity contribution >= 4 is 20.7 Å². The van der Waals surface area contributed by atoms with E-state index in [9.17, 15) is 12.8 Å². The second-order valence-corrected chi connectivity index (χ2v) is 8.46. The molecule has 1 aromatic heterocycles. The molecule has 30 heavy (non-hydrogen) atoms. The Morgan fingerprint density at radius 1 is 0.867 bits per heavy atom. The highest BCUT2D eigenvalue weighted by Crippen LogP contribution is 2.38. The molecule has 0 spiro atoms. The maximum Gasteiger partial charge on any atom is 0.208 e. The molecule has 0 fully saturated rings. The first-order chi connectivity index (χ1) is 14.5. The van der Waals surface area contributed by atoms with Crippen LogP contribution in [0, 0.1) is 5.82 Å². The molecule has 5 nitrogen and oxygen atoms in total. The van der Waals surface area contributed by atoms with Gasteiger partial charge < -0.3 is 9.47 Å². The van der Waals surface area contributed by atoms with Gasteiger partial charge in [0.15, 0.2) is 0 Å². The first kappa shape index (κ1) is 19.8. The fourth-order valence-electron chi connectivity index (χ4n) is 3.33. The van der Waals surface area contributed by atoms with E-state index in [0.29, 0.717) is 28.0 Å². The van der Waals surface area contributed by atoms with Gasteiger partial charge >= 0.3 is 0 Å². The van der Waals surface area contributed by atoms with Crippen LogP contribution in [0.2, 0.25) is 0 Å². The number of ether oxygens (including phenoxy) is 2. The van der Waals surface area contributed by atoms with Crippen LogP contribution in [-0.2, 0) is 9.84 Å². The lowest BCUT2D eigenvalue weighted by atomic mass is 10.0. The summed E-state index contributed by atoms with van der Waals surface area (Å²) in [5, 5.41) is 0.401. The van der Waals surface area contributed by atoms with Gasteiger partial charge in [-0.3, -0.25) is 4.98 Å². The standard InChI is InChI=1S/C23H18FNO4S/c1-28-16-9-11-18(12-10-16)30(26,27)21-14-25-23-19(7-4-8-20(23)24)22(21)15-5-3-6-17(13-15)29-2/h3-14H,1-2H3. The molecule has 1 heterocycles. The number of aromatic nitrogens is 1. The number of pyridine rings is 1. The molecule has 0 atom stereocenters. The molecule has 0 saturated heterocycles. The molecule has 0 radical (unpaired) electrons. The SMILES string of the molecule is COc1ccc(S(=O)(=O)c2cnc3c(F)cccc3c2-c2cccc(OC)c2)cc1. The Balaban J connectivity index is 2.04. The van der Waals surface area contributed by atoms with Crippen molar-refractivity contribution in [2.75, 3.05) is 14.2 Å². The van der Waals surface area contributed by atoms with Crippen LogP contribution in [-0.4, -0.2) is 27.6 Å². The second kappa shape index (κ2) is 7.76. The number of methoxy groups -OCH3 is 2. The molecule has 0 aliphatic carbocycles. The van der Waals surface area contributed by atoms with Crippen LogP contribution in [0.4, 0.5) is 4.39 Å². The highest BCUT2D eigenvalue weighted by molar-refractivity contribution is 7.91. The van der Waals surface area contributed by atoms with E-state index in [2.05, 4.69) is 4.98 Å². The summed E-state index contributed by atoms with van der Waals surface area (Å²) in [6.45, 7) is 0. The molecule has 3 aromatic carbocycles. The Morgan fingerprint density at radius 3 is 2.27 bits per heavy atom. The summed E-state index contributed by atoms with van der Waals surface area (Å²) in [7, 11) is -0.916. The third kappa shape index (κ3) is 3.37. The normalized spacial score (nSPS) is 11.4. The molecule has 0 N–H and O–H groups in total. The van der Waals surface area contributed by atoms with Crippen LogP contribution in [0.1, 0.15) is 0 Å². The van der Waals surface area contributed by atoms with E-state index in [1.165, 1.54) is 44.7 Å². The summed E-state index contributed by atoms with van der Waals surface area (Å²) >= 11 is 0. The third-order valence-electron chi connectivity index (χ3n) is 4.83. The van der Waals surface area contributed by atoms with Gasteiger partial charge in [0, 0.05) is 17.1 Å². The van der Waals surface area contributed by atoms with E-state index in [-0.39, 0.29) is 15.3 Å². The van der Waals surface area contributed by atoms with Crippen molar-refractivity contribution in [3.8, 4) is 22.6 Å². The molecule has 7 heteroatoms. The van der Waals surface area contributed by atoms with Gasteiger partial charge in [0.2, 0.25) is 9.84 Å². The van der Waals surface area contributed by atoms with Crippen molar-refractivity contribution in [3.63, 3.8) is 0 Å². The molecule has 0 saturated carbocycles. The first-order valence-electron chi connectivity index (χ1n) is 9.06. The summed E-state index contributed by atoms with van der Waals surface area (Å²) in [5.74, 6) is 0.576. The van der Waals surface area contributed by atoms with Gasteiger partial charge in [0.25, 0.3) is 0 Å². The molecule has 0 aliphatic rings. The highest BCUT2D eigenvalue weighted by Gasteiger charge is 2.25. The predicted octanol–water partition coefficient (Wildman–Crippen LogP) is 4.89. The van der Waals surface area contributed by atoms with E-state index >= 15 is 0 Å². The van der Waals surface area contributed by atoms with Crippen molar-refractivity contribution in [1.82, 2.24) is 4.98 Å². The van der Waals surface area contributed by atoms with Gasteiger partial charge in [-0.2, -0.15) is 0 Å². The van der Waals surface area contributed by atoms with Gasteiger partial charge in [0.05, 0.1) is 24.0 Å². The Kier molecular flexibility index (Phi) is 5.13. The summed E-state index contributed by atoms with van der Waals surface area (Å²) in [6, 6.07) is 17.6. The number of sulfone groups is 1. The molecular weight excluding hydrogens is 405 g/mol. The van der Waals surface area contributed by atoms with E-state index in [0.717, 1.165) is 0 Å². The van der Waals surface area contributed by atoms with Gasteiger partial charge in [-0.15, -0.1) is 0 Å². The molecule has 0 aliphatic heterocycles. The fourth-order valence-corrected chi connectivity index (χ4v) is 4.77. The molecule has 4 aromatic rings. The number of nitrogens with zero attached hydrogens (tertiary/aromatic N) is 1. The van der Waals surface area contributed by atoms with Gasteiger partial charge in [-0.05, 0) is 48.0 Å². The summed E-state index contributed by atoms with van der Waals surface area (Å²) in [4.78, 5) is 4.20. The Labute approximate surface area is 173 Å². The van der Waals surface area contributed by atoms with E-state index < -0.39 is 15.7 Å². The average molecular weight is 423 g/mol. The molecule has 0 unspecified atom stereocenters. The molecule has 152 valence electrons. The zero-order valence-electron chi connectivity index (χ0n) is 16.3. The second-order valence-electron chi connectivity index (χ2n) is 6.54. The highest BCUT2D eigenvalue weighted by atomic mass is 32.2. The average Bonchev–Trinajstić information content (AvgIpc) is 2.78. The molecular formula is C23H18FNO4S. The van der Waals surface area contributed by atoms with Crippen molar-refractivity contribution in [2.24, 2.45) is 0 Å². The zero-order valence-corrected chi connectivity index (χ0v) is 17.1. The number of para-hydroxylation sites is 1. The van der Waals surface area contributed by atoms with Crippen molar-refractivity contribution in [2.45, 2.75) is 9.79 Å². The number of benzene rings is 3. The third-order valence-corrected chi connectivity index (χ3v) is 6.61. The quantitative estimate of drug-likeness (QED) is 0.457. The number of hydrogen-bond acceptors (Lipinski definition) is 5. The largest absolute Gasteiger partial charge is 0.497 e. The van der Waals surface area contributed by atoms with E-state index in [1.807, 2.05) is 0 Å². The molecule has 0 amide bonds. The Hall–Kier alpha value is -3.45. The first-order valence-corrected chi connectivity index (χ1v) is 10.5. The summed E-state index contributed by atoms with van der Waals surface area (Å²) < 4.78 is 51.8. The van der Waals surface area contributed by atoms with Gasteiger partial charge in [0.1, 0.15) is 22.8 Å². The maximum absolute atomic E-state index is 14.4. The summed E-state index contributed by atoms with van der Waals surface area (Å²) in [5.41, 5.74) is 1.05. The van der Waals surface area contributed by atoms with Crippen molar-refractivity contribution in [1.29, 1.82) is 0 Å². The number of rotatable bonds is 5. The smallest absolute Gasteiger partial charge is 0.208 e. The molecule has 0 bridgehead atoms. The number of halogens is 1. The minimum absolute atomic E-state index is 0.0148. The number of fused-ring (bicyclic) bond motifs is 1. The van der Waals surface area contributed by atoms with Gasteiger partial charge in [-0.1, -0.05) is 24.3 Å². The zero-order chi connectivity index (χ0) is 21.3. The van der Waals surface area contributed by atoms with Crippen molar-refractivity contribution < 1.29 is 22.3 Å². The van der Waals surface area contributed by atoms with E-state index in [4.69, 9.17) is 9.47 Å². The minimum atomic E-state index is -3.95. The van der Waals surface area contributed by atoms with Crippen LogP contribution in [0.5, 0.6) is 11.5 Å². The van der Waals surface area contributed by atoms with Crippen LogP contribution >= 0.6 is 0 Å². The van der Waals surface area contributed by atoms with Crippen LogP contribution in [0.25, 0.3) is 22.0 Å². The maximum atomic E-state index is 14.4. The van der Waals surface area contributed by atoms with Crippen LogP contribution in [0.15, 0.2) is 82.7 Å². The summed E-state index contributed by atoms with van der Waals surface area (Å²) in [6.07, 6.45) is 1.21. The monoisotopic (exact) mass is 423 g/mol. The van der Waals surface area contributed by atoms with Gasteiger partial charge in [-0.25, -0.2) is 12.8 Å². The van der Waals surface area contributed by atoms with Crippen LogP contribution < -0.4 is 9.47 Å². The lowest BCUT2D eigenvalue weighted by molar-refractivity contribution is 0.414. The van der Waals surface area contributed by atoms with E-state index in [1.54, 1.807) is 42.5 Å². The minimum Gasteiger partial charge on any atom is -0.497 e. The van der Waals surface area contributed by atoms with Crippen LogP contribution in [0.3, 0.4) is 0 Å². The Morgan fingerprint density at radius 2 is 1.57 bits per heavy atom. The molecule has 4 rings (SSSR count). The van der Waals surface area contributed by atoms with Crippen molar-refractivity contribution in [3.05, 3.63) is 78.7 Å². The predicted molar refractivity (Wildman–Crippen MR) is 112 cm³/mol. The fraction of sp³-hybridized carbons (Fsp3) is 0.0870.